The molecule has 80 valence electrons. The van der Waals surface area contributed by atoms with Gasteiger partial charge >= 0.3 is 6.03 Å². The molecule has 2 radical (unpaired) electrons. The van der Waals surface area contributed by atoms with E-state index in [-0.39, 0.29) is 12.3 Å². The van der Waals surface area contributed by atoms with Crippen molar-refractivity contribution in [3.8, 4) is 0 Å². The van der Waals surface area contributed by atoms with Crippen LogP contribution < -0.4 is 5.32 Å². The minimum absolute atomic E-state index is 0.180. The first-order valence-corrected chi connectivity index (χ1v) is 4.64. The Hall–Kier alpha value is -1.33. The fourth-order valence-corrected chi connectivity index (χ4v) is 1.07. The summed E-state index contributed by atoms with van der Waals surface area (Å²) in [6, 6.07) is -0.606. The highest BCUT2D eigenvalue weighted by Gasteiger charge is 2.37. The number of ketones is 1. The van der Waals surface area contributed by atoms with Crippen LogP contribution in [0.5, 0.6) is 0 Å². The van der Waals surface area contributed by atoms with Gasteiger partial charge in [-0.3, -0.25) is 14.5 Å². The molecule has 1 atom stereocenters. The molecule has 1 aliphatic rings. The summed E-state index contributed by atoms with van der Waals surface area (Å²) in [4.78, 5) is 35.0. The van der Waals surface area contributed by atoms with Gasteiger partial charge < -0.3 is 5.32 Å². The lowest BCUT2D eigenvalue weighted by Gasteiger charge is -2.20. The number of rotatable bonds is 2. The Balaban J connectivity index is 2.71. The summed E-state index contributed by atoms with van der Waals surface area (Å²) in [6.07, 6.45) is 0. The van der Waals surface area contributed by atoms with Gasteiger partial charge in [0.25, 0.3) is 0 Å². The molecule has 15 heavy (non-hydrogen) atoms. The Morgan fingerprint density at radius 2 is 2.00 bits per heavy atom. The fraction of sp³-hybridized carbons (Fsp3) is 0.667. The van der Waals surface area contributed by atoms with Crippen molar-refractivity contribution in [2.24, 2.45) is 5.41 Å². The van der Waals surface area contributed by atoms with Gasteiger partial charge in [-0.15, -0.1) is 0 Å². The Labute approximate surface area is 89.6 Å². The number of hydrogen-bond donors (Lipinski definition) is 1. The third-order valence-corrected chi connectivity index (χ3v) is 2.19. The second-order valence-corrected chi connectivity index (χ2v) is 4.52. The normalized spacial score (nSPS) is 21.8. The molecule has 3 amide bonds. The standard InChI is InChI=1S/C9H13BN2O3/c1-9(2,3)5(13)4-12-7(14)6(10)11-8(12)15/h6H,4H2,1-3H3,(H,11,15)/t6-/m0/s1. The van der Waals surface area contributed by atoms with Gasteiger partial charge in [0.15, 0.2) is 5.78 Å². The molecule has 1 aliphatic heterocycles. The van der Waals surface area contributed by atoms with Crippen LogP contribution in [0.15, 0.2) is 0 Å². The molecule has 1 fully saturated rings. The molecule has 0 aromatic heterocycles. The molecule has 0 bridgehead atoms. The van der Waals surface area contributed by atoms with E-state index in [1.807, 2.05) is 0 Å². The van der Waals surface area contributed by atoms with Crippen LogP contribution in [0.4, 0.5) is 4.79 Å². The second kappa shape index (κ2) is 3.68. The first-order valence-electron chi connectivity index (χ1n) is 4.64. The molecule has 0 aromatic carbocycles. The maximum Gasteiger partial charge on any atom is 0.324 e. The SMILES string of the molecule is [B][C@H]1NC(=O)N(CC(=O)C(C)(C)C)C1=O. The number of imide groups is 1. The number of nitrogens with one attached hydrogen (secondary N) is 1. The van der Waals surface area contributed by atoms with Crippen molar-refractivity contribution in [2.75, 3.05) is 6.54 Å². The average molecular weight is 208 g/mol. The van der Waals surface area contributed by atoms with Crippen LogP contribution in [-0.2, 0) is 9.59 Å². The predicted molar refractivity (Wildman–Crippen MR) is 54.2 cm³/mol. The molecule has 1 saturated heterocycles. The Morgan fingerprint density at radius 1 is 1.47 bits per heavy atom. The van der Waals surface area contributed by atoms with E-state index in [1.54, 1.807) is 20.8 Å². The summed E-state index contributed by atoms with van der Waals surface area (Å²) in [6.45, 7) is 4.97. The molecule has 5 nitrogen and oxygen atoms in total. The van der Waals surface area contributed by atoms with Crippen molar-refractivity contribution in [3.63, 3.8) is 0 Å². The smallest absolute Gasteiger partial charge is 0.324 e. The van der Waals surface area contributed by atoms with Gasteiger partial charge in [-0.25, -0.2) is 4.79 Å². The number of carbonyl (C=O) groups is 3. The van der Waals surface area contributed by atoms with E-state index in [9.17, 15) is 14.4 Å². The summed E-state index contributed by atoms with van der Waals surface area (Å²) in [5.74, 6) is -1.76. The highest BCUT2D eigenvalue weighted by molar-refractivity contribution is 6.29. The van der Waals surface area contributed by atoms with Crippen molar-refractivity contribution >= 4 is 25.6 Å². The van der Waals surface area contributed by atoms with Crippen molar-refractivity contribution in [3.05, 3.63) is 0 Å². The summed E-state index contributed by atoms with van der Waals surface area (Å²) >= 11 is 0. The molecule has 0 aliphatic carbocycles. The van der Waals surface area contributed by atoms with E-state index in [1.165, 1.54) is 0 Å². The number of carbonyl (C=O) groups excluding carboxylic acids is 3. The monoisotopic (exact) mass is 208 g/mol. The third kappa shape index (κ3) is 2.37. The highest BCUT2D eigenvalue weighted by Crippen LogP contribution is 2.16. The van der Waals surface area contributed by atoms with Crippen LogP contribution in [0.1, 0.15) is 20.8 Å². The van der Waals surface area contributed by atoms with Crippen molar-refractivity contribution < 1.29 is 14.4 Å². The van der Waals surface area contributed by atoms with Gasteiger partial charge in [0.2, 0.25) is 5.91 Å². The molecule has 1 N–H and O–H groups in total. The largest absolute Gasteiger partial charge is 0.334 e. The molecule has 0 aromatic rings. The zero-order chi connectivity index (χ0) is 11.8. The molecule has 1 heterocycles. The first-order chi connectivity index (χ1) is 6.73. The predicted octanol–water partition coefficient (Wildman–Crippen LogP) is -0.352. The van der Waals surface area contributed by atoms with Crippen LogP contribution in [0.3, 0.4) is 0 Å². The summed E-state index contributed by atoms with van der Waals surface area (Å²) < 4.78 is 0. The van der Waals surface area contributed by atoms with E-state index in [4.69, 9.17) is 7.85 Å². The topological polar surface area (TPSA) is 66.5 Å². The van der Waals surface area contributed by atoms with Crippen molar-refractivity contribution in [1.82, 2.24) is 10.2 Å². The third-order valence-electron chi connectivity index (χ3n) is 2.19. The quantitative estimate of drug-likeness (QED) is 0.498. The lowest BCUT2D eigenvalue weighted by atomic mass is 9.90. The average Bonchev–Trinajstić information content (AvgIpc) is 2.30. The maximum atomic E-state index is 11.6. The lowest BCUT2D eigenvalue weighted by molar-refractivity contribution is -0.133. The van der Waals surface area contributed by atoms with E-state index >= 15 is 0 Å². The molecule has 6 heteroatoms. The highest BCUT2D eigenvalue weighted by atomic mass is 16.2. The number of nitrogens with zero attached hydrogens (tertiary/aromatic N) is 1. The second-order valence-electron chi connectivity index (χ2n) is 4.52. The maximum absolute atomic E-state index is 11.6. The summed E-state index contributed by atoms with van der Waals surface area (Å²) in [5, 5.41) is 2.24. The number of Topliss-reactive ketones (excluding diaryl/α,β-unsaturated/α-hetero) is 1. The number of hydrogen-bond acceptors (Lipinski definition) is 3. The molecular formula is C9H13BN2O3. The van der Waals surface area contributed by atoms with E-state index < -0.39 is 23.3 Å². The van der Waals surface area contributed by atoms with Gasteiger partial charge in [-0.1, -0.05) is 20.8 Å². The van der Waals surface area contributed by atoms with Crippen LogP contribution in [0, 0.1) is 5.41 Å². The Kier molecular flexibility index (Phi) is 2.88. The van der Waals surface area contributed by atoms with Gasteiger partial charge in [0.05, 0.1) is 12.5 Å². The summed E-state index contributed by atoms with van der Waals surface area (Å²) in [5.41, 5.74) is -0.576. The van der Waals surface area contributed by atoms with Gasteiger partial charge in [0, 0.05) is 5.41 Å². The first kappa shape index (κ1) is 11.7. The Morgan fingerprint density at radius 3 is 2.33 bits per heavy atom. The van der Waals surface area contributed by atoms with Gasteiger partial charge in [-0.05, 0) is 0 Å². The minimum Gasteiger partial charge on any atom is -0.334 e. The van der Waals surface area contributed by atoms with Crippen LogP contribution >= 0.6 is 0 Å². The molecule has 0 saturated carbocycles. The van der Waals surface area contributed by atoms with E-state index in [0.717, 1.165) is 4.90 Å². The zero-order valence-electron chi connectivity index (χ0n) is 9.03. The molecule has 0 spiro atoms. The van der Waals surface area contributed by atoms with Crippen molar-refractivity contribution in [1.29, 1.82) is 0 Å². The molecule has 1 rings (SSSR count). The Bertz CT molecular complexity index is 322. The fourth-order valence-electron chi connectivity index (χ4n) is 1.07. The van der Waals surface area contributed by atoms with Crippen LogP contribution in [-0.4, -0.2) is 43.0 Å². The van der Waals surface area contributed by atoms with Crippen molar-refractivity contribution in [2.45, 2.75) is 26.7 Å². The number of amides is 3. The molecular weight excluding hydrogens is 195 g/mol. The zero-order valence-corrected chi connectivity index (χ0v) is 9.03. The summed E-state index contributed by atoms with van der Waals surface area (Å²) in [7, 11) is 5.31. The minimum atomic E-state index is -1.02. The van der Waals surface area contributed by atoms with Gasteiger partial charge in [-0.2, -0.15) is 0 Å². The van der Waals surface area contributed by atoms with Crippen LogP contribution in [0.25, 0.3) is 0 Å². The van der Waals surface area contributed by atoms with Gasteiger partial charge in [0.1, 0.15) is 7.85 Å². The van der Waals surface area contributed by atoms with Crippen LogP contribution in [0.2, 0.25) is 0 Å². The van der Waals surface area contributed by atoms with E-state index in [0.29, 0.717) is 0 Å². The number of urea groups is 1. The van der Waals surface area contributed by atoms with E-state index in [2.05, 4.69) is 5.32 Å². The lowest BCUT2D eigenvalue weighted by Crippen LogP contribution is -2.40. The molecule has 0 unspecified atom stereocenters.